The van der Waals surface area contributed by atoms with Gasteiger partial charge in [0.15, 0.2) is 5.03 Å². The molecule has 7 nitrogen and oxygen atoms in total. The minimum atomic E-state index is -3.84. The highest BCUT2D eigenvalue weighted by atomic mass is 32.2. The van der Waals surface area contributed by atoms with Gasteiger partial charge in [0.05, 0.1) is 10.6 Å². The van der Waals surface area contributed by atoms with Gasteiger partial charge in [-0.2, -0.15) is 0 Å². The number of para-hydroxylation sites is 1. The van der Waals surface area contributed by atoms with Crippen molar-refractivity contribution in [3.05, 3.63) is 91.0 Å². The van der Waals surface area contributed by atoms with Crippen molar-refractivity contribution >= 4 is 33.2 Å². The molecule has 1 aliphatic heterocycles. The number of hydrogen-bond donors (Lipinski definition) is 1. The molecule has 0 atom stereocenters. The Morgan fingerprint density at radius 2 is 1.42 bits per heavy atom. The Hall–Kier alpha value is -3.56. The number of imidazole rings is 1. The van der Waals surface area contributed by atoms with Gasteiger partial charge in [0.1, 0.15) is 10.9 Å². The third-order valence-corrected chi connectivity index (χ3v) is 8.91. The summed E-state index contributed by atoms with van der Waals surface area (Å²) in [5.41, 5.74) is 1.93. The largest absolute Gasteiger partial charge is 0.368 e. The fourth-order valence-corrected chi connectivity index (χ4v) is 6.69. The maximum Gasteiger partial charge on any atom is 0.233 e. The number of H-pyrrole nitrogens is 1. The summed E-state index contributed by atoms with van der Waals surface area (Å²) >= 11 is 1.16. The molecule has 3 aromatic carbocycles. The van der Waals surface area contributed by atoms with Gasteiger partial charge >= 0.3 is 0 Å². The van der Waals surface area contributed by atoms with Crippen molar-refractivity contribution in [3.8, 4) is 11.4 Å². The molecule has 1 saturated heterocycles. The van der Waals surface area contributed by atoms with Crippen LogP contribution in [0.4, 0.5) is 5.69 Å². The van der Waals surface area contributed by atoms with Crippen LogP contribution in [0.2, 0.25) is 0 Å². The smallest absolute Gasteiger partial charge is 0.233 e. The van der Waals surface area contributed by atoms with Gasteiger partial charge in [0, 0.05) is 37.4 Å². The number of aromatic nitrogens is 2. The summed E-state index contributed by atoms with van der Waals surface area (Å²) in [6.45, 7) is 2.77. The summed E-state index contributed by atoms with van der Waals surface area (Å²) in [5.74, 6) is 0.540. The van der Waals surface area contributed by atoms with Crippen LogP contribution in [0.15, 0.2) is 106 Å². The Bertz CT molecular complexity index is 1420. The van der Waals surface area contributed by atoms with Crippen molar-refractivity contribution in [2.75, 3.05) is 36.8 Å². The summed E-state index contributed by atoms with van der Waals surface area (Å²) in [4.78, 5) is 24.9. The fourth-order valence-electron chi connectivity index (χ4n) is 4.15. The number of nitrogens with one attached hydrogen (secondary N) is 1. The molecule has 184 valence electrons. The van der Waals surface area contributed by atoms with Gasteiger partial charge in [0.2, 0.25) is 15.7 Å². The van der Waals surface area contributed by atoms with Crippen molar-refractivity contribution in [2.45, 2.75) is 14.9 Å². The number of piperazine rings is 1. The van der Waals surface area contributed by atoms with Crippen LogP contribution in [0.1, 0.15) is 0 Å². The molecule has 0 saturated carbocycles. The van der Waals surface area contributed by atoms with Gasteiger partial charge in [-0.3, -0.25) is 4.79 Å². The van der Waals surface area contributed by atoms with E-state index in [9.17, 15) is 13.2 Å². The number of carbonyl (C=O) groups excluding carboxylic acids is 1. The Morgan fingerprint density at radius 1 is 0.833 bits per heavy atom. The van der Waals surface area contributed by atoms with Gasteiger partial charge in [-0.05, 0) is 24.3 Å². The zero-order chi connectivity index (χ0) is 25.0. The van der Waals surface area contributed by atoms with Gasteiger partial charge in [-0.1, -0.05) is 78.5 Å². The lowest BCUT2D eigenvalue weighted by atomic mass is 10.2. The summed E-state index contributed by atoms with van der Waals surface area (Å²) in [7, 11) is -3.84. The maximum absolute atomic E-state index is 13.4. The summed E-state index contributed by atoms with van der Waals surface area (Å²) in [5, 5.41) is 0.313. The zero-order valence-corrected chi connectivity index (χ0v) is 21.2. The molecule has 4 aromatic rings. The van der Waals surface area contributed by atoms with Crippen molar-refractivity contribution in [2.24, 2.45) is 0 Å². The van der Waals surface area contributed by atoms with Gasteiger partial charge < -0.3 is 14.8 Å². The molecule has 1 aromatic heterocycles. The molecule has 5 rings (SSSR count). The molecule has 9 heteroatoms. The average molecular weight is 519 g/mol. The highest BCUT2D eigenvalue weighted by molar-refractivity contribution is 8.00. The SMILES string of the molecule is O=C(CSc1nc(-c2ccccc2)[nH]c1S(=O)(=O)c1ccccc1)N1CCN(c2ccccc2)CC1. The van der Waals surface area contributed by atoms with Crippen LogP contribution in [0.3, 0.4) is 0 Å². The molecule has 2 heterocycles. The lowest BCUT2D eigenvalue weighted by Gasteiger charge is -2.36. The van der Waals surface area contributed by atoms with Crippen molar-refractivity contribution in [1.82, 2.24) is 14.9 Å². The molecule has 1 N–H and O–H groups in total. The van der Waals surface area contributed by atoms with Crippen molar-refractivity contribution < 1.29 is 13.2 Å². The molecular formula is C27H26N4O3S2. The molecule has 0 spiro atoms. The molecule has 0 unspecified atom stereocenters. The molecule has 0 radical (unpaired) electrons. The predicted octanol–water partition coefficient (Wildman–Crippen LogP) is 4.35. The van der Waals surface area contributed by atoms with E-state index in [1.807, 2.05) is 53.4 Å². The highest BCUT2D eigenvalue weighted by Gasteiger charge is 2.28. The van der Waals surface area contributed by atoms with Crippen LogP contribution in [0, 0.1) is 0 Å². The van der Waals surface area contributed by atoms with Crippen LogP contribution in [0.5, 0.6) is 0 Å². The van der Waals surface area contributed by atoms with Crippen molar-refractivity contribution in [3.63, 3.8) is 0 Å². The van der Waals surface area contributed by atoms with Crippen molar-refractivity contribution in [1.29, 1.82) is 0 Å². The number of hydrogen-bond acceptors (Lipinski definition) is 6. The summed E-state index contributed by atoms with van der Waals surface area (Å²) in [6, 6.07) is 27.8. The van der Waals surface area contributed by atoms with E-state index in [4.69, 9.17) is 0 Å². The zero-order valence-electron chi connectivity index (χ0n) is 19.6. The predicted molar refractivity (Wildman–Crippen MR) is 142 cm³/mol. The molecule has 0 aliphatic carbocycles. The Kier molecular flexibility index (Phi) is 7.11. The normalized spacial score (nSPS) is 14.1. The number of amides is 1. The van der Waals surface area contributed by atoms with Gasteiger partial charge in [-0.25, -0.2) is 13.4 Å². The first-order valence-corrected chi connectivity index (χ1v) is 14.2. The quantitative estimate of drug-likeness (QED) is 0.366. The number of anilines is 1. The number of aromatic amines is 1. The van der Waals surface area contributed by atoms with Crippen LogP contribution >= 0.6 is 11.8 Å². The second-order valence-electron chi connectivity index (χ2n) is 8.39. The minimum absolute atomic E-state index is 0.0132. The number of nitrogens with zero attached hydrogens (tertiary/aromatic N) is 3. The minimum Gasteiger partial charge on any atom is -0.368 e. The molecule has 36 heavy (non-hydrogen) atoms. The second kappa shape index (κ2) is 10.6. The van der Waals surface area contributed by atoms with E-state index in [1.54, 1.807) is 30.3 Å². The van der Waals surface area contributed by atoms with E-state index in [1.165, 1.54) is 0 Å². The van der Waals surface area contributed by atoms with Crippen LogP contribution < -0.4 is 4.90 Å². The Labute approximate surface area is 215 Å². The van der Waals surface area contributed by atoms with E-state index >= 15 is 0 Å². The maximum atomic E-state index is 13.4. The lowest BCUT2D eigenvalue weighted by molar-refractivity contribution is -0.128. The fraction of sp³-hybridized carbons (Fsp3) is 0.185. The summed E-state index contributed by atoms with van der Waals surface area (Å²) in [6.07, 6.45) is 0. The second-order valence-corrected chi connectivity index (χ2v) is 11.2. The standard InChI is InChI=1S/C27H26N4O3S2/c32-24(31-18-16-30(17-19-31)22-12-6-2-7-13-22)20-35-26-27(36(33,34)23-14-8-3-9-15-23)29-25(28-26)21-10-4-1-5-11-21/h1-15H,16-20H2,(H,28,29). The molecular weight excluding hydrogens is 492 g/mol. The van der Waals surface area contributed by atoms with E-state index in [0.717, 1.165) is 36.1 Å². The lowest BCUT2D eigenvalue weighted by Crippen LogP contribution is -2.49. The van der Waals surface area contributed by atoms with E-state index < -0.39 is 9.84 Å². The molecule has 1 aliphatic rings. The first-order chi connectivity index (χ1) is 17.5. The summed E-state index contributed by atoms with van der Waals surface area (Å²) < 4.78 is 26.9. The number of sulfone groups is 1. The Morgan fingerprint density at radius 3 is 2.06 bits per heavy atom. The van der Waals surface area contributed by atoms with Crippen LogP contribution in [0.25, 0.3) is 11.4 Å². The van der Waals surface area contributed by atoms with E-state index in [2.05, 4.69) is 27.0 Å². The molecule has 0 bridgehead atoms. The Balaban J connectivity index is 1.33. The topological polar surface area (TPSA) is 86.4 Å². The number of benzene rings is 3. The third kappa shape index (κ3) is 5.17. The van der Waals surface area contributed by atoms with Crippen LogP contribution in [-0.2, 0) is 14.6 Å². The number of thioether (sulfide) groups is 1. The number of carbonyl (C=O) groups is 1. The monoisotopic (exact) mass is 518 g/mol. The van der Waals surface area contributed by atoms with E-state index in [0.29, 0.717) is 23.9 Å². The first kappa shape index (κ1) is 24.1. The highest BCUT2D eigenvalue weighted by Crippen LogP contribution is 2.32. The van der Waals surface area contributed by atoms with Gasteiger partial charge in [0.25, 0.3) is 0 Å². The average Bonchev–Trinajstić information content (AvgIpc) is 3.39. The van der Waals surface area contributed by atoms with E-state index in [-0.39, 0.29) is 21.6 Å². The van der Waals surface area contributed by atoms with Gasteiger partial charge in [-0.15, -0.1) is 0 Å². The number of rotatable bonds is 7. The molecule has 1 fully saturated rings. The first-order valence-electron chi connectivity index (χ1n) is 11.7. The third-order valence-electron chi connectivity index (χ3n) is 6.10. The molecule has 1 amide bonds. The van der Waals surface area contributed by atoms with Crippen LogP contribution in [-0.4, -0.2) is 61.1 Å².